The molecular weight excluding hydrogens is 342 g/mol. The fraction of sp³-hybridized carbons (Fsp3) is 0.167. The molecule has 3 aromatic rings. The minimum atomic E-state index is -0.132. The third-order valence-corrected chi connectivity index (χ3v) is 3.73. The standard InChI is InChI=1S/C18H16ClN3O3/c1-24-15-7-5-14(6-8-15)20-16(23)9-10-17-21-18(22-25-17)12-3-2-4-13(19)11-12/h2-8,11H,9-10H2,1H3,(H,20,23). The van der Waals surface area contributed by atoms with Gasteiger partial charge in [0.1, 0.15) is 5.75 Å². The molecule has 0 aliphatic heterocycles. The number of hydrogen-bond donors (Lipinski definition) is 1. The fourth-order valence-corrected chi connectivity index (χ4v) is 2.41. The summed E-state index contributed by atoms with van der Waals surface area (Å²) >= 11 is 5.95. The molecule has 1 aromatic heterocycles. The van der Waals surface area contributed by atoms with Crippen molar-refractivity contribution in [2.75, 3.05) is 12.4 Å². The molecule has 3 rings (SSSR count). The lowest BCUT2D eigenvalue weighted by molar-refractivity contribution is -0.116. The first-order chi connectivity index (χ1) is 12.1. The molecule has 0 spiro atoms. The SMILES string of the molecule is COc1ccc(NC(=O)CCc2nc(-c3cccc(Cl)c3)no2)cc1. The summed E-state index contributed by atoms with van der Waals surface area (Å²) in [4.78, 5) is 16.3. The predicted octanol–water partition coefficient (Wildman–Crippen LogP) is 3.97. The number of nitrogens with zero attached hydrogens (tertiary/aromatic N) is 2. The molecule has 1 heterocycles. The summed E-state index contributed by atoms with van der Waals surface area (Å²) < 4.78 is 10.3. The number of hydrogen-bond acceptors (Lipinski definition) is 5. The number of amides is 1. The van der Waals surface area contributed by atoms with Crippen molar-refractivity contribution in [2.45, 2.75) is 12.8 Å². The van der Waals surface area contributed by atoms with Gasteiger partial charge in [0.15, 0.2) is 0 Å². The van der Waals surface area contributed by atoms with E-state index in [4.69, 9.17) is 20.9 Å². The van der Waals surface area contributed by atoms with E-state index in [2.05, 4.69) is 15.5 Å². The molecule has 0 saturated heterocycles. The lowest BCUT2D eigenvalue weighted by Crippen LogP contribution is -2.12. The Morgan fingerprint density at radius 2 is 2.04 bits per heavy atom. The van der Waals surface area contributed by atoms with Gasteiger partial charge in [0, 0.05) is 29.1 Å². The van der Waals surface area contributed by atoms with E-state index in [0.717, 1.165) is 11.3 Å². The van der Waals surface area contributed by atoms with Gasteiger partial charge in [-0.3, -0.25) is 4.79 Å². The highest BCUT2D eigenvalue weighted by molar-refractivity contribution is 6.30. The Morgan fingerprint density at radius 3 is 2.76 bits per heavy atom. The highest BCUT2D eigenvalue weighted by Gasteiger charge is 2.11. The Balaban J connectivity index is 1.55. The molecule has 0 saturated carbocycles. The molecule has 0 aliphatic carbocycles. The quantitative estimate of drug-likeness (QED) is 0.722. The van der Waals surface area contributed by atoms with Crippen LogP contribution in [0.5, 0.6) is 5.75 Å². The minimum Gasteiger partial charge on any atom is -0.497 e. The number of rotatable bonds is 6. The number of nitrogens with one attached hydrogen (secondary N) is 1. The van der Waals surface area contributed by atoms with Gasteiger partial charge in [-0.2, -0.15) is 4.98 Å². The zero-order valence-electron chi connectivity index (χ0n) is 13.5. The van der Waals surface area contributed by atoms with Crippen molar-refractivity contribution >= 4 is 23.2 Å². The topological polar surface area (TPSA) is 77.2 Å². The summed E-state index contributed by atoms with van der Waals surface area (Å²) in [5, 5.41) is 7.33. The van der Waals surface area contributed by atoms with Crippen molar-refractivity contribution in [1.82, 2.24) is 10.1 Å². The van der Waals surface area contributed by atoms with Crippen LogP contribution in [-0.4, -0.2) is 23.2 Å². The second-order valence-corrected chi connectivity index (χ2v) is 5.74. The van der Waals surface area contributed by atoms with Crippen molar-refractivity contribution in [2.24, 2.45) is 0 Å². The molecular formula is C18H16ClN3O3. The Morgan fingerprint density at radius 1 is 1.24 bits per heavy atom. The number of halogens is 1. The van der Waals surface area contributed by atoms with Crippen LogP contribution >= 0.6 is 11.6 Å². The van der Waals surface area contributed by atoms with Crippen LogP contribution in [0.15, 0.2) is 53.1 Å². The smallest absolute Gasteiger partial charge is 0.227 e. The summed E-state index contributed by atoms with van der Waals surface area (Å²) in [5.41, 5.74) is 1.47. The average molecular weight is 358 g/mol. The van der Waals surface area contributed by atoms with Crippen LogP contribution in [0.1, 0.15) is 12.3 Å². The van der Waals surface area contributed by atoms with Crippen LogP contribution < -0.4 is 10.1 Å². The van der Waals surface area contributed by atoms with Crippen LogP contribution in [0.3, 0.4) is 0 Å². The second-order valence-electron chi connectivity index (χ2n) is 5.30. The first kappa shape index (κ1) is 17.0. The molecule has 128 valence electrons. The first-order valence-corrected chi connectivity index (χ1v) is 8.04. The molecule has 6 nitrogen and oxygen atoms in total. The lowest BCUT2D eigenvalue weighted by atomic mass is 10.2. The van der Waals surface area contributed by atoms with E-state index in [1.807, 2.05) is 12.1 Å². The molecule has 1 N–H and O–H groups in total. The third-order valence-electron chi connectivity index (χ3n) is 3.49. The highest BCUT2D eigenvalue weighted by atomic mass is 35.5. The van der Waals surface area contributed by atoms with E-state index in [-0.39, 0.29) is 12.3 Å². The normalized spacial score (nSPS) is 10.5. The Labute approximate surface area is 149 Å². The first-order valence-electron chi connectivity index (χ1n) is 7.66. The molecule has 0 atom stereocenters. The molecule has 25 heavy (non-hydrogen) atoms. The summed E-state index contributed by atoms with van der Waals surface area (Å²) in [7, 11) is 1.59. The van der Waals surface area contributed by atoms with E-state index in [1.165, 1.54) is 0 Å². The maximum absolute atomic E-state index is 12.0. The van der Waals surface area contributed by atoms with Crippen LogP contribution in [0, 0.1) is 0 Å². The Kier molecular flexibility index (Phi) is 5.30. The largest absolute Gasteiger partial charge is 0.497 e. The van der Waals surface area contributed by atoms with Gasteiger partial charge in [-0.25, -0.2) is 0 Å². The number of aryl methyl sites for hydroxylation is 1. The molecule has 0 bridgehead atoms. The van der Waals surface area contributed by atoms with Crippen LogP contribution in [0.25, 0.3) is 11.4 Å². The number of methoxy groups -OCH3 is 1. The fourth-order valence-electron chi connectivity index (χ4n) is 2.22. The van der Waals surface area contributed by atoms with Crippen molar-refractivity contribution in [1.29, 1.82) is 0 Å². The third kappa shape index (κ3) is 4.58. The molecule has 0 unspecified atom stereocenters. The molecule has 0 fully saturated rings. The van der Waals surface area contributed by atoms with Gasteiger partial charge in [0.2, 0.25) is 17.6 Å². The predicted molar refractivity (Wildman–Crippen MR) is 94.7 cm³/mol. The van der Waals surface area contributed by atoms with E-state index in [9.17, 15) is 4.79 Å². The van der Waals surface area contributed by atoms with Gasteiger partial charge in [-0.05, 0) is 36.4 Å². The number of aromatic nitrogens is 2. The van der Waals surface area contributed by atoms with Gasteiger partial charge in [0.25, 0.3) is 0 Å². The van der Waals surface area contributed by atoms with E-state index in [0.29, 0.717) is 28.8 Å². The number of benzene rings is 2. The molecule has 0 radical (unpaired) electrons. The zero-order valence-corrected chi connectivity index (χ0v) is 14.3. The van der Waals surface area contributed by atoms with Gasteiger partial charge in [-0.15, -0.1) is 0 Å². The van der Waals surface area contributed by atoms with E-state index >= 15 is 0 Å². The van der Waals surface area contributed by atoms with Gasteiger partial charge in [-0.1, -0.05) is 28.9 Å². The van der Waals surface area contributed by atoms with E-state index < -0.39 is 0 Å². The van der Waals surface area contributed by atoms with Gasteiger partial charge in [0.05, 0.1) is 7.11 Å². The Hall–Kier alpha value is -2.86. The van der Waals surface area contributed by atoms with Crippen molar-refractivity contribution < 1.29 is 14.1 Å². The monoisotopic (exact) mass is 357 g/mol. The van der Waals surface area contributed by atoms with Crippen LogP contribution in [0.4, 0.5) is 5.69 Å². The summed E-state index contributed by atoms with van der Waals surface area (Å²) in [6.07, 6.45) is 0.596. The second kappa shape index (κ2) is 7.81. The summed E-state index contributed by atoms with van der Waals surface area (Å²) in [5.74, 6) is 1.46. The summed E-state index contributed by atoms with van der Waals surface area (Å²) in [6.45, 7) is 0. The number of ether oxygens (including phenoxy) is 1. The zero-order chi connectivity index (χ0) is 17.6. The Bertz CT molecular complexity index is 862. The molecule has 2 aromatic carbocycles. The number of carbonyl (C=O) groups is 1. The highest BCUT2D eigenvalue weighted by Crippen LogP contribution is 2.20. The van der Waals surface area contributed by atoms with Crippen molar-refractivity contribution in [3.05, 3.63) is 59.4 Å². The molecule has 1 amide bonds. The van der Waals surface area contributed by atoms with E-state index in [1.54, 1.807) is 43.5 Å². The van der Waals surface area contributed by atoms with Crippen LogP contribution in [0.2, 0.25) is 5.02 Å². The number of carbonyl (C=O) groups excluding carboxylic acids is 1. The maximum Gasteiger partial charge on any atom is 0.227 e. The van der Waals surface area contributed by atoms with Gasteiger partial charge < -0.3 is 14.6 Å². The molecule has 7 heteroatoms. The van der Waals surface area contributed by atoms with Crippen LogP contribution in [-0.2, 0) is 11.2 Å². The maximum atomic E-state index is 12.0. The van der Waals surface area contributed by atoms with Crippen molar-refractivity contribution in [3.63, 3.8) is 0 Å². The number of anilines is 1. The minimum absolute atomic E-state index is 0.132. The molecule has 0 aliphatic rings. The average Bonchev–Trinajstić information content (AvgIpc) is 3.10. The lowest BCUT2D eigenvalue weighted by Gasteiger charge is -2.05. The summed E-state index contributed by atoms with van der Waals surface area (Å²) in [6, 6.07) is 14.3. The van der Waals surface area contributed by atoms with Gasteiger partial charge >= 0.3 is 0 Å². The van der Waals surface area contributed by atoms with Crippen molar-refractivity contribution in [3.8, 4) is 17.1 Å².